The molecule has 4 heterocycles. The third-order valence-corrected chi connectivity index (χ3v) is 9.74. The second-order valence-corrected chi connectivity index (χ2v) is 12.5. The van der Waals surface area contributed by atoms with Gasteiger partial charge in [-0.2, -0.15) is 0 Å². The smallest absolute Gasteiger partial charge is 1.00 e. The summed E-state index contributed by atoms with van der Waals surface area (Å²) >= 11 is 3.52. The Hall–Kier alpha value is -2.89. The van der Waals surface area contributed by atoms with Crippen LogP contribution in [0.2, 0.25) is 0 Å². The molecule has 1 aromatic heterocycles. The maximum absolute atomic E-state index is 13.2. The first-order chi connectivity index (χ1) is 19.6. The van der Waals surface area contributed by atoms with Gasteiger partial charge in [0.1, 0.15) is 22.9 Å². The number of carbonyl (C=O) groups is 5. The van der Waals surface area contributed by atoms with Crippen molar-refractivity contribution in [3.05, 3.63) is 52.2 Å². The largest absolute Gasteiger partial charge is 1.00 e. The molecule has 0 saturated carbocycles. The van der Waals surface area contributed by atoms with Crippen LogP contribution in [0.5, 0.6) is 5.75 Å². The van der Waals surface area contributed by atoms with Gasteiger partial charge >= 0.3 is 35.5 Å². The van der Waals surface area contributed by atoms with E-state index in [4.69, 9.17) is 0 Å². The van der Waals surface area contributed by atoms with E-state index in [0.29, 0.717) is 39.2 Å². The van der Waals surface area contributed by atoms with Crippen LogP contribution in [0.1, 0.15) is 20.3 Å². The van der Waals surface area contributed by atoms with Gasteiger partial charge < -0.3 is 27.6 Å². The van der Waals surface area contributed by atoms with Gasteiger partial charge in [-0.1, -0.05) is 35.2 Å². The Bertz CT molecular complexity index is 1520. The maximum atomic E-state index is 13.2. The van der Waals surface area contributed by atoms with Crippen LogP contribution in [-0.2, 0) is 30.4 Å². The van der Waals surface area contributed by atoms with E-state index in [1.807, 2.05) is 0 Å². The molecule has 0 radical (unpaired) electrons. The average Bonchev–Trinajstić information content (AvgIpc) is 3.57. The van der Waals surface area contributed by atoms with E-state index in [0.717, 1.165) is 28.7 Å². The Morgan fingerprint density at radius 1 is 1.21 bits per heavy atom. The minimum atomic E-state index is -1.30. The zero-order valence-electron chi connectivity index (χ0n) is 23.5. The number of aromatic hydroxyl groups is 1. The molecule has 0 aliphatic carbocycles. The predicted octanol–water partition coefficient (Wildman–Crippen LogP) is -1.79. The van der Waals surface area contributed by atoms with Crippen LogP contribution in [0.15, 0.2) is 51.0 Å². The van der Waals surface area contributed by atoms with E-state index in [1.165, 1.54) is 35.7 Å². The number of aliphatic carboxylic acids is 1. The molecule has 2 aromatic rings. The molecule has 2 atom stereocenters. The molecule has 0 spiro atoms. The molecule has 216 valence electrons. The third kappa shape index (κ3) is 6.84. The van der Waals surface area contributed by atoms with Crippen molar-refractivity contribution in [3.8, 4) is 5.75 Å². The summed E-state index contributed by atoms with van der Waals surface area (Å²) < 4.78 is 0.461. The van der Waals surface area contributed by atoms with Crippen molar-refractivity contribution < 1.29 is 65.2 Å². The number of hydrogen-bond donors (Lipinski definition) is 5. The quantitative estimate of drug-likeness (QED) is 0.0684. The number of nitrogens with one attached hydrogen (secondary N) is 3. The summed E-state index contributed by atoms with van der Waals surface area (Å²) in [6.45, 7) is 1.77. The molecule has 0 unspecified atom stereocenters. The van der Waals surface area contributed by atoms with Gasteiger partial charge in [-0.25, -0.2) is 4.79 Å². The Labute approximate surface area is 275 Å². The second kappa shape index (κ2) is 13.6. The molecular formula is C25H25N6NaO7S3. The van der Waals surface area contributed by atoms with Gasteiger partial charge in [-0.05, 0) is 41.7 Å². The van der Waals surface area contributed by atoms with Crippen molar-refractivity contribution in [3.63, 3.8) is 0 Å². The number of phenolic OH excluding ortho intramolecular Hbond substituents is 1. The minimum Gasteiger partial charge on any atom is -1.00 e. The van der Waals surface area contributed by atoms with Gasteiger partial charge in [-0.3, -0.25) is 24.1 Å². The summed E-state index contributed by atoms with van der Waals surface area (Å²) in [5, 5.41) is 35.2. The number of carbonyl (C=O) groups excluding carboxylic acids is 4. The number of nitrogens with zero attached hydrogens (tertiary/aromatic N) is 3. The van der Waals surface area contributed by atoms with Crippen LogP contribution in [0.25, 0.3) is 0 Å². The number of carboxylic acids is 1. The molecule has 4 amide bonds. The number of amides is 4. The summed E-state index contributed by atoms with van der Waals surface area (Å²) in [6, 6.07) is 5.52. The number of β-lactam (4-membered cyclic amide) rings is 1. The number of phenols is 1. The van der Waals surface area contributed by atoms with Crippen LogP contribution >= 0.6 is 34.9 Å². The number of anilines is 1. The summed E-state index contributed by atoms with van der Waals surface area (Å²) in [7, 11) is 0. The van der Waals surface area contributed by atoms with E-state index >= 15 is 0 Å². The van der Waals surface area contributed by atoms with Gasteiger partial charge in [0.15, 0.2) is 4.34 Å². The molecule has 1 aromatic carbocycles. The Balaban J connectivity index is 0.00000253. The zero-order valence-corrected chi connectivity index (χ0v) is 27.0. The summed E-state index contributed by atoms with van der Waals surface area (Å²) in [5.41, 5.74) is 1.98. The van der Waals surface area contributed by atoms with E-state index in [-0.39, 0.29) is 72.2 Å². The van der Waals surface area contributed by atoms with Crippen molar-refractivity contribution in [1.29, 1.82) is 0 Å². The number of hydrogen-bond acceptors (Lipinski definition) is 11. The fraction of sp³-hybridized carbons (Fsp3) is 0.320. The van der Waals surface area contributed by atoms with Crippen LogP contribution in [0.4, 0.5) is 5.13 Å². The van der Waals surface area contributed by atoms with Crippen LogP contribution < -0.4 is 45.5 Å². The number of fused-ring (bicyclic) bond motifs is 1. The van der Waals surface area contributed by atoms with Gasteiger partial charge in [-0.15, -0.1) is 22.0 Å². The fourth-order valence-electron chi connectivity index (χ4n) is 4.68. The molecule has 3 aliphatic heterocycles. The number of aromatic nitrogens is 2. The van der Waals surface area contributed by atoms with E-state index < -0.39 is 29.2 Å². The summed E-state index contributed by atoms with van der Waals surface area (Å²) in [6.07, 6.45) is 0.664. The standard InChI is InChI=1S/C25H24N6O7S3.Na.H/c1-11(32)27-24-29-30-25(41-24)40-10-17(34)28-18-21(36)31-19(23(37)38)16(9-39-22(18)31)15(14-6-7-26-20(14)35)8-12-2-4-13(33)5-3-12;;/h2-5,18,22,33H,6-10H2,1H3,(H,26,35)(H,28,34)(H,37,38)(H,27,29,32);;/q;+1;-1/t18-,22-;;/m1../s1. The molecule has 42 heavy (non-hydrogen) atoms. The van der Waals surface area contributed by atoms with Crippen molar-refractivity contribution in [2.75, 3.05) is 23.4 Å². The molecule has 5 N–H and O–H groups in total. The van der Waals surface area contributed by atoms with Crippen LogP contribution in [0, 0.1) is 0 Å². The molecule has 13 nitrogen and oxygen atoms in total. The molecule has 5 rings (SSSR count). The van der Waals surface area contributed by atoms with E-state index in [9.17, 15) is 34.2 Å². The number of rotatable bonds is 9. The number of allylic oxidation sites excluding steroid dienone is 1. The Morgan fingerprint density at radius 2 is 1.95 bits per heavy atom. The number of carboxylic acid groups (broad SMARTS) is 1. The van der Waals surface area contributed by atoms with Crippen LogP contribution in [-0.4, -0.2) is 84.4 Å². The van der Waals surface area contributed by atoms with E-state index in [2.05, 4.69) is 26.1 Å². The van der Waals surface area contributed by atoms with E-state index in [1.54, 1.807) is 12.1 Å². The van der Waals surface area contributed by atoms with Crippen molar-refractivity contribution >= 4 is 69.6 Å². The molecule has 3 aliphatic rings. The zero-order chi connectivity index (χ0) is 29.3. The molecule has 0 bridgehead atoms. The SMILES string of the molecule is CC(=O)Nc1nnc(SCC(=O)N[C@@H]2C(=O)N3C(C(=O)O)=C(C(Cc4ccc(O)cc4)=C4CCNC4=O)CS[C@H]23)s1.[H-].[Na+]. The van der Waals surface area contributed by atoms with Gasteiger partial charge in [0.25, 0.3) is 5.91 Å². The first-order valence-corrected chi connectivity index (χ1v) is 15.2. The average molecular weight is 641 g/mol. The minimum absolute atomic E-state index is 0. The van der Waals surface area contributed by atoms with Gasteiger partial charge in [0.05, 0.1) is 5.75 Å². The van der Waals surface area contributed by atoms with Crippen molar-refractivity contribution in [2.45, 2.75) is 35.5 Å². The molecular weight excluding hydrogens is 616 g/mol. The first kappa shape index (κ1) is 32.0. The normalized spacial score (nSPS) is 20.6. The Kier molecular flexibility index (Phi) is 10.4. The summed E-state index contributed by atoms with van der Waals surface area (Å²) in [5.74, 6) is -2.61. The van der Waals surface area contributed by atoms with Crippen LogP contribution in [0.3, 0.4) is 0 Å². The maximum Gasteiger partial charge on any atom is 1.00 e. The summed E-state index contributed by atoms with van der Waals surface area (Å²) in [4.78, 5) is 63.3. The van der Waals surface area contributed by atoms with Gasteiger partial charge in [0, 0.05) is 24.8 Å². The van der Waals surface area contributed by atoms with Crippen molar-refractivity contribution in [1.82, 2.24) is 25.7 Å². The molecule has 17 heteroatoms. The van der Waals surface area contributed by atoms with Crippen molar-refractivity contribution in [2.24, 2.45) is 0 Å². The number of thioether (sulfide) groups is 2. The van der Waals surface area contributed by atoms with Gasteiger partial charge in [0.2, 0.25) is 22.9 Å². The predicted molar refractivity (Wildman–Crippen MR) is 152 cm³/mol. The second-order valence-electron chi connectivity index (χ2n) is 9.24. The monoisotopic (exact) mass is 640 g/mol. The Morgan fingerprint density at radius 3 is 2.60 bits per heavy atom. The molecule has 2 fully saturated rings. The topological polar surface area (TPSA) is 191 Å². The third-order valence-electron chi connectivity index (χ3n) is 6.48. The molecule has 2 saturated heterocycles. The first-order valence-electron chi connectivity index (χ1n) is 12.3. The number of benzene rings is 1. The fourth-order valence-corrected chi connectivity index (χ4v) is 7.68.